The molecule has 1 unspecified atom stereocenters. The van der Waals surface area contributed by atoms with Crippen LogP contribution in [0.2, 0.25) is 10.0 Å². The Hall–Kier alpha value is -1.11. The van der Waals surface area contributed by atoms with Gasteiger partial charge in [0.1, 0.15) is 12.6 Å². The molecular weight excluding hydrogens is 391 g/mol. The Morgan fingerprint density at radius 1 is 1.12 bits per heavy atom. The maximum Gasteiger partial charge on any atom is 0.407 e. The fourth-order valence-corrected chi connectivity index (χ4v) is 3.21. The molecule has 0 aliphatic carbocycles. The summed E-state index contributed by atoms with van der Waals surface area (Å²) in [5.74, 6) is -0.661. The van der Waals surface area contributed by atoms with E-state index in [2.05, 4.69) is 12.6 Å². The predicted molar refractivity (Wildman–Crippen MR) is 101 cm³/mol. The van der Waals surface area contributed by atoms with Gasteiger partial charge in [-0.3, -0.25) is 4.79 Å². The van der Waals surface area contributed by atoms with Crippen molar-refractivity contribution in [2.24, 2.45) is 0 Å². The summed E-state index contributed by atoms with van der Waals surface area (Å²) in [7, 11) is 1.86. The summed E-state index contributed by atoms with van der Waals surface area (Å²) in [6.07, 6.45) is -5.64. The van der Waals surface area contributed by atoms with Gasteiger partial charge in [-0.15, -0.1) is 0 Å². The second-order valence-electron chi connectivity index (χ2n) is 5.92. The summed E-state index contributed by atoms with van der Waals surface area (Å²) in [6, 6.07) is 8.37. The van der Waals surface area contributed by atoms with Crippen molar-refractivity contribution in [1.82, 2.24) is 0 Å². The predicted octanol–water partition coefficient (Wildman–Crippen LogP) is 4.52. The molecule has 0 bridgehead atoms. The number of alkyl halides is 3. The minimum Gasteiger partial charge on any atom is -0.294 e. The number of aryl methyl sites for hydroxylation is 1. The zero-order valence-electron chi connectivity index (χ0n) is 13.4. The van der Waals surface area contributed by atoms with Gasteiger partial charge in [0.2, 0.25) is 0 Å². The number of thiol groups is 1. The highest BCUT2D eigenvalue weighted by Crippen LogP contribution is 2.48. The van der Waals surface area contributed by atoms with Crippen molar-refractivity contribution in [2.45, 2.75) is 24.3 Å². The molecule has 0 fully saturated rings. The zero-order chi connectivity index (χ0) is 19.0. The van der Waals surface area contributed by atoms with E-state index in [0.29, 0.717) is 0 Å². The second-order valence-corrected chi connectivity index (χ2v) is 7.55. The first-order valence-electron chi connectivity index (χ1n) is 7.30. The lowest BCUT2D eigenvalue weighted by Gasteiger charge is -2.31. The Kier molecular flexibility index (Phi) is 5.86. The van der Waals surface area contributed by atoms with Crippen LogP contribution in [0.15, 0.2) is 36.4 Å². The normalized spacial score (nSPS) is 14.2. The minimum atomic E-state index is -4.78. The van der Waals surface area contributed by atoms with E-state index in [4.69, 9.17) is 23.2 Å². The van der Waals surface area contributed by atoms with Crippen LogP contribution >= 0.6 is 35.8 Å². The topological polar surface area (TPSA) is 17.1 Å². The van der Waals surface area contributed by atoms with Crippen LogP contribution in [0.25, 0.3) is 0 Å². The zero-order valence-corrected chi connectivity index (χ0v) is 15.8. The number of Topliss-reactive ketones (excluding diaryl/α,β-unsaturated/α-hetero) is 1. The average molecular weight is 405 g/mol. The third-order valence-corrected chi connectivity index (χ3v) is 5.16. The number of halogens is 5. The fraction of sp³-hybridized carbons (Fsp3) is 0.235. The third kappa shape index (κ3) is 4.36. The Morgan fingerprint density at radius 2 is 1.68 bits per heavy atom. The lowest BCUT2D eigenvalue weighted by molar-refractivity contribution is -0.160. The summed E-state index contributed by atoms with van der Waals surface area (Å²) < 4.78 is 38.6. The largest absolute Gasteiger partial charge is 0.407 e. The quantitative estimate of drug-likeness (QED) is 0.450. The van der Waals surface area contributed by atoms with Gasteiger partial charge in [0.25, 0.3) is 0 Å². The number of carbonyl (C=O) groups excluding carboxylic acids is 1. The van der Waals surface area contributed by atoms with E-state index in [1.54, 1.807) is 19.1 Å². The van der Waals surface area contributed by atoms with Crippen LogP contribution in [0.3, 0.4) is 0 Å². The van der Waals surface area contributed by atoms with Gasteiger partial charge in [-0.2, -0.15) is 25.8 Å². The number of rotatable bonds is 4. The fourth-order valence-electron chi connectivity index (χ4n) is 2.41. The van der Waals surface area contributed by atoms with Crippen LogP contribution in [0.5, 0.6) is 0 Å². The van der Waals surface area contributed by atoms with Gasteiger partial charge in [-0.1, -0.05) is 46.4 Å². The lowest BCUT2D eigenvalue weighted by atomic mass is 9.86. The maximum absolute atomic E-state index is 13.8. The van der Waals surface area contributed by atoms with Crippen molar-refractivity contribution >= 4 is 54.9 Å². The summed E-state index contributed by atoms with van der Waals surface area (Å²) in [5, 5.41) is 0.0904. The van der Waals surface area contributed by atoms with E-state index in [1.807, 2.05) is 7.85 Å². The first kappa shape index (κ1) is 20.2. The molecule has 0 aromatic heterocycles. The van der Waals surface area contributed by atoms with Gasteiger partial charge in [0.05, 0.1) is 0 Å². The molecule has 2 rings (SSSR count). The SMILES string of the molecule is Bc1ccc(C(=O)CC(S)(c2cc(Cl)cc(Cl)c2)C(F)(F)F)cc1C. The highest BCUT2D eigenvalue weighted by Gasteiger charge is 2.54. The molecule has 1 atom stereocenters. The molecule has 0 heterocycles. The van der Waals surface area contributed by atoms with E-state index in [-0.39, 0.29) is 21.2 Å². The van der Waals surface area contributed by atoms with Gasteiger partial charge in [-0.05, 0) is 36.8 Å². The van der Waals surface area contributed by atoms with Gasteiger partial charge < -0.3 is 0 Å². The smallest absolute Gasteiger partial charge is 0.294 e. The van der Waals surface area contributed by atoms with Crippen molar-refractivity contribution in [3.05, 3.63) is 63.1 Å². The van der Waals surface area contributed by atoms with Crippen LogP contribution in [-0.4, -0.2) is 19.8 Å². The average Bonchev–Trinajstić information content (AvgIpc) is 2.47. The third-order valence-electron chi connectivity index (χ3n) is 4.05. The van der Waals surface area contributed by atoms with Gasteiger partial charge in [0.15, 0.2) is 5.78 Å². The van der Waals surface area contributed by atoms with Crippen LogP contribution < -0.4 is 5.46 Å². The number of hydrogen-bond donors (Lipinski definition) is 1. The Morgan fingerprint density at radius 3 is 2.16 bits per heavy atom. The molecule has 0 saturated carbocycles. The van der Waals surface area contributed by atoms with Gasteiger partial charge in [-0.25, -0.2) is 0 Å². The van der Waals surface area contributed by atoms with E-state index >= 15 is 0 Å². The standard InChI is InChI=1S/C17H14BCl2F3OS/c1-9-4-10(2-3-14(9)18)15(24)8-16(25,17(21,22)23)11-5-12(19)7-13(20)6-11/h2-7,25H,8,18H2,1H3. The number of carbonyl (C=O) groups is 1. The van der Waals surface area contributed by atoms with Crippen molar-refractivity contribution < 1.29 is 18.0 Å². The highest BCUT2D eigenvalue weighted by atomic mass is 35.5. The molecular formula is C17H14BCl2F3OS. The van der Waals surface area contributed by atoms with Crippen molar-refractivity contribution in [1.29, 1.82) is 0 Å². The Balaban J connectivity index is 2.47. The molecule has 132 valence electrons. The van der Waals surface area contributed by atoms with Crippen molar-refractivity contribution in [3.8, 4) is 0 Å². The molecule has 0 N–H and O–H groups in total. The van der Waals surface area contributed by atoms with E-state index < -0.39 is 23.1 Å². The number of benzene rings is 2. The number of ketones is 1. The summed E-state index contributed by atoms with van der Waals surface area (Å²) in [6.45, 7) is 1.79. The van der Waals surface area contributed by atoms with Crippen molar-refractivity contribution in [2.75, 3.05) is 0 Å². The molecule has 8 heteroatoms. The highest BCUT2D eigenvalue weighted by molar-refractivity contribution is 7.81. The molecule has 0 aliphatic heterocycles. The lowest BCUT2D eigenvalue weighted by Crippen LogP contribution is -2.39. The maximum atomic E-state index is 13.8. The Bertz CT molecular complexity index is 806. The second kappa shape index (κ2) is 7.26. The van der Waals surface area contributed by atoms with Crippen LogP contribution in [0, 0.1) is 6.92 Å². The monoisotopic (exact) mass is 404 g/mol. The van der Waals surface area contributed by atoms with Crippen LogP contribution in [0.4, 0.5) is 13.2 Å². The van der Waals surface area contributed by atoms with Gasteiger partial charge >= 0.3 is 6.18 Å². The molecule has 0 aliphatic rings. The summed E-state index contributed by atoms with van der Waals surface area (Å²) in [5.41, 5.74) is 1.72. The van der Waals surface area contributed by atoms with Crippen molar-refractivity contribution in [3.63, 3.8) is 0 Å². The first-order valence-corrected chi connectivity index (χ1v) is 8.50. The van der Waals surface area contributed by atoms with Gasteiger partial charge in [0, 0.05) is 22.0 Å². The molecule has 2 aromatic carbocycles. The molecule has 0 radical (unpaired) electrons. The first-order chi connectivity index (χ1) is 11.4. The minimum absolute atomic E-state index is 0.0452. The molecule has 0 saturated heterocycles. The molecule has 0 amide bonds. The van der Waals surface area contributed by atoms with E-state index in [9.17, 15) is 18.0 Å². The summed E-state index contributed by atoms with van der Waals surface area (Å²) in [4.78, 5) is 12.5. The van der Waals surface area contributed by atoms with Crippen LogP contribution in [-0.2, 0) is 4.75 Å². The number of hydrogen-bond acceptors (Lipinski definition) is 2. The molecule has 0 spiro atoms. The van der Waals surface area contributed by atoms with E-state index in [0.717, 1.165) is 23.2 Å². The van der Waals surface area contributed by atoms with E-state index in [1.165, 1.54) is 12.1 Å². The van der Waals surface area contributed by atoms with Crippen LogP contribution in [0.1, 0.15) is 27.9 Å². The molecule has 25 heavy (non-hydrogen) atoms. The molecule has 1 nitrogen and oxygen atoms in total. The molecule has 2 aromatic rings. The Labute approximate surface area is 160 Å². The summed E-state index contributed by atoms with van der Waals surface area (Å²) >= 11 is 15.5.